The zero-order valence-corrected chi connectivity index (χ0v) is 13.1. The number of benzene rings is 2. The van der Waals surface area contributed by atoms with E-state index in [1.54, 1.807) is 18.0 Å². The van der Waals surface area contributed by atoms with Crippen molar-refractivity contribution in [1.29, 1.82) is 0 Å². The molecule has 0 amide bonds. The monoisotopic (exact) mass is 318 g/mol. The van der Waals surface area contributed by atoms with Crippen LogP contribution in [0.3, 0.4) is 0 Å². The summed E-state index contributed by atoms with van der Waals surface area (Å²) in [6.45, 7) is 0. The van der Waals surface area contributed by atoms with Crippen molar-refractivity contribution in [3.05, 3.63) is 78.5 Å². The highest BCUT2D eigenvalue weighted by atomic mass is 32.2. The van der Waals surface area contributed by atoms with Crippen molar-refractivity contribution in [2.45, 2.75) is 10.9 Å². The summed E-state index contributed by atoms with van der Waals surface area (Å²) in [6, 6.07) is 22.4. The first-order valence-corrected chi connectivity index (χ1v) is 8.33. The SMILES string of the molecule is c1ccc(CSc2nc3nccc(-c4ccccc4)n3n2)cc1. The summed E-state index contributed by atoms with van der Waals surface area (Å²) in [7, 11) is 0. The standard InChI is InChI=1S/C18H14N4S/c1-3-7-14(8-4-1)13-23-18-20-17-19-12-11-16(22(17)21-18)15-9-5-2-6-10-15/h1-12H,13H2. The molecule has 112 valence electrons. The van der Waals surface area contributed by atoms with Crippen LogP contribution in [0.4, 0.5) is 0 Å². The van der Waals surface area contributed by atoms with Crippen molar-refractivity contribution in [2.24, 2.45) is 0 Å². The summed E-state index contributed by atoms with van der Waals surface area (Å²) < 4.78 is 1.81. The van der Waals surface area contributed by atoms with Gasteiger partial charge in [-0.25, -0.2) is 4.98 Å². The van der Waals surface area contributed by atoms with Crippen LogP contribution in [0.25, 0.3) is 17.0 Å². The minimum absolute atomic E-state index is 0.627. The minimum Gasteiger partial charge on any atom is -0.220 e. The van der Waals surface area contributed by atoms with E-state index in [2.05, 4.69) is 39.3 Å². The van der Waals surface area contributed by atoms with Crippen LogP contribution >= 0.6 is 11.8 Å². The molecular weight excluding hydrogens is 304 g/mol. The maximum Gasteiger partial charge on any atom is 0.253 e. The van der Waals surface area contributed by atoms with Crippen molar-refractivity contribution in [1.82, 2.24) is 19.6 Å². The molecule has 4 aromatic rings. The lowest BCUT2D eigenvalue weighted by molar-refractivity contribution is 0.886. The first-order valence-electron chi connectivity index (χ1n) is 7.34. The van der Waals surface area contributed by atoms with Crippen molar-refractivity contribution in [3.63, 3.8) is 0 Å². The van der Waals surface area contributed by atoms with Gasteiger partial charge in [0, 0.05) is 17.5 Å². The van der Waals surface area contributed by atoms with Crippen molar-refractivity contribution >= 4 is 17.5 Å². The lowest BCUT2D eigenvalue weighted by atomic mass is 10.1. The smallest absolute Gasteiger partial charge is 0.220 e. The first kappa shape index (κ1) is 14.0. The maximum atomic E-state index is 4.61. The Kier molecular flexibility index (Phi) is 3.78. The molecule has 0 aliphatic carbocycles. The van der Waals surface area contributed by atoms with Gasteiger partial charge in [0.25, 0.3) is 5.78 Å². The first-order chi connectivity index (χ1) is 11.4. The Labute approximate surface area is 138 Å². The van der Waals surface area contributed by atoms with E-state index < -0.39 is 0 Å². The van der Waals surface area contributed by atoms with Crippen LogP contribution in [0.5, 0.6) is 0 Å². The lowest BCUT2D eigenvalue weighted by Gasteiger charge is -2.02. The van der Waals surface area contributed by atoms with E-state index in [4.69, 9.17) is 0 Å². The van der Waals surface area contributed by atoms with Gasteiger partial charge in [-0.3, -0.25) is 0 Å². The Bertz CT molecular complexity index is 920. The fraction of sp³-hybridized carbons (Fsp3) is 0.0556. The van der Waals surface area contributed by atoms with Gasteiger partial charge in [0.2, 0.25) is 5.16 Å². The second-order valence-corrected chi connectivity index (χ2v) is 6.02. The summed E-state index contributed by atoms with van der Waals surface area (Å²) in [5, 5.41) is 5.35. The Morgan fingerprint density at radius 3 is 2.39 bits per heavy atom. The molecule has 2 aromatic heterocycles. The molecule has 0 saturated heterocycles. The summed E-state index contributed by atoms with van der Waals surface area (Å²) in [5.41, 5.74) is 3.35. The highest BCUT2D eigenvalue weighted by Gasteiger charge is 2.10. The zero-order chi connectivity index (χ0) is 15.5. The van der Waals surface area contributed by atoms with Gasteiger partial charge < -0.3 is 0 Å². The van der Waals surface area contributed by atoms with Crippen LogP contribution in [-0.4, -0.2) is 19.6 Å². The van der Waals surface area contributed by atoms with Gasteiger partial charge in [-0.2, -0.15) is 9.50 Å². The molecule has 0 saturated carbocycles. The molecule has 0 fully saturated rings. The van der Waals surface area contributed by atoms with Crippen LogP contribution in [0, 0.1) is 0 Å². The molecular formula is C18H14N4S. The molecule has 0 N–H and O–H groups in total. The number of fused-ring (bicyclic) bond motifs is 1. The van der Waals surface area contributed by atoms with E-state index in [0.29, 0.717) is 5.78 Å². The highest BCUT2D eigenvalue weighted by Crippen LogP contribution is 2.23. The van der Waals surface area contributed by atoms with Gasteiger partial charge in [0.15, 0.2) is 0 Å². The topological polar surface area (TPSA) is 43.1 Å². The quantitative estimate of drug-likeness (QED) is 0.532. The molecule has 0 unspecified atom stereocenters. The molecule has 0 bridgehead atoms. The number of aromatic nitrogens is 4. The second-order valence-electron chi connectivity index (χ2n) is 5.08. The summed E-state index contributed by atoms with van der Waals surface area (Å²) in [4.78, 5) is 8.84. The van der Waals surface area contributed by atoms with Gasteiger partial charge in [-0.15, -0.1) is 5.10 Å². The fourth-order valence-corrected chi connectivity index (χ4v) is 3.16. The third kappa shape index (κ3) is 2.96. The molecule has 5 heteroatoms. The average Bonchev–Trinajstić information content (AvgIpc) is 3.04. The van der Waals surface area contributed by atoms with Crippen LogP contribution < -0.4 is 0 Å². The number of nitrogens with zero attached hydrogens (tertiary/aromatic N) is 4. The molecule has 0 aliphatic rings. The third-order valence-corrected chi connectivity index (χ3v) is 4.41. The molecule has 0 atom stereocenters. The molecule has 0 spiro atoms. The number of rotatable bonds is 4. The number of thioether (sulfide) groups is 1. The van der Waals surface area contributed by atoms with Crippen LogP contribution in [0.2, 0.25) is 0 Å². The van der Waals surface area contributed by atoms with Gasteiger partial charge in [-0.05, 0) is 11.6 Å². The second kappa shape index (κ2) is 6.22. The molecule has 2 heterocycles. The predicted molar refractivity (Wildman–Crippen MR) is 92.2 cm³/mol. The van der Waals surface area contributed by atoms with E-state index in [9.17, 15) is 0 Å². The highest BCUT2D eigenvalue weighted by molar-refractivity contribution is 7.98. The molecule has 4 nitrogen and oxygen atoms in total. The van der Waals surface area contributed by atoms with Crippen LogP contribution in [0.1, 0.15) is 5.56 Å². The van der Waals surface area contributed by atoms with Crippen LogP contribution in [0.15, 0.2) is 78.1 Å². The normalized spacial score (nSPS) is 11.0. The van der Waals surface area contributed by atoms with Gasteiger partial charge in [-0.1, -0.05) is 72.4 Å². The summed E-state index contributed by atoms with van der Waals surface area (Å²) >= 11 is 1.62. The zero-order valence-electron chi connectivity index (χ0n) is 12.3. The predicted octanol–water partition coefficient (Wildman–Crippen LogP) is 4.08. The maximum absolute atomic E-state index is 4.61. The molecule has 4 rings (SSSR count). The molecule has 23 heavy (non-hydrogen) atoms. The van der Waals surface area contributed by atoms with E-state index in [1.165, 1.54) is 5.56 Å². The molecule has 0 radical (unpaired) electrons. The van der Waals surface area contributed by atoms with E-state index in [0.717, 1.165) is 22.2 Å². The van der Waals surface area contributed by atoms with Gasteiger partial charge in [0.05, 0.1) is 5.69 Å². The molecule has 0 aliphatic heterocycles. The Balaban J connectivity index is 1.66. The van der Waals surface area contributed by atoms with Crippen LogP contribution in [-0.2, 0) is 5.75 Å². The minimum atomic E-state index is 0.627. The van der Waals surface area contributed by atoms with Gasteiger partial charge >= 0.3 is 0 Å². The van der Waals surface area contributed by atoms with Gasteiger partial charge in [0.1, 0.15) is 0 Å². The third-order valence-electron chi connectivity index (χ3n) is 3.50. The van der Waals surface area contributed by atoms with Crippen molar-refractivity contribution in [2.75, 3.05) is 0 Å². The van der Waals surface area contributed by atoms with E-state index in [-0.39, 0.29) is 0 Å². The Hall–Kier alpha value is -2.66. The lowest BCUT2D eigenvalue weighted by Crippen LogP contribution is -1.95. The average molecular weight is 318 g/mol. The number of hydrogen-bond donors (Lipinski definition) is 0. The van der Waals surface area contributed by atoms with E-state index in [1.807, 2.05) is 47.0 Å². The summed E-state index contributed by atoms with van der Waals surface area (Å²) in [5.74, 6) is 1.47. The van der Waals surface area contributed by atoms with Crippen molar-refractivity contribution in [3.8, 4) is 11.3 Å². The van der Waals surface area contributed by atoms with E-state index >= 15 is 0 Å². The molecule has 2 aromatic carbocycles. The number of hydrogen-bond acceptors (Lipinski definition) is 4. The largest absolute Gasteiger partial charge is 0.253 e. The Morgan fingerprint density at radius 2 is 1.61 bits per heavy atom. The Morgan fingerprint density at radius 1 is 0.870 bits per heavy atom. The summed E-state index contributed by atoms with van der Waals surface area (Å²) in [6.07, 6.45) is 1.78. The fourth-order valence-electron chi connectivity index (χ4n) is 2.39. The van der Waals surface area contributed by atoms with Crippen molar-refractivity contribution < 1.29 is 0 Å².